The third-order valence-electron chi connectivity index (χ3n) is 4.15. The number of rotatable bonds is 5. The van der Waals surface area contributed by atoms with E-state index in [1.165, 1.54) is 44.9 Å². The molecule has 3 nitrogen and oxygen atoms in total. The number of aliphatic carboxylic acids is 1. The minimum Gasteiger partial charge on any atom is -0.480 e. The van der Waals surface area contributed by atoms with Gasteiger partial charge in [0, 0.05) is 12.1 Å². The fourth-order valence-corrected chi connectivity index (χ4v) is 3.18. The van der Waals surface area contributed by atoms with Gasteiger partial charge in [-0.1, -0.05) is 26.2 Å². The van der Waals surface area contributed by atoms with Crippen LogP contribution in [0.2, 0.25) is 0 Å². The first-order valence-electron chi connectivity index (χ1n) is 6.70. The van der Waals surface area contributed by atoms with E-state index in [0.717, 1.165) is 5.92 Å². The van der Waals surface area contributed by atoms with Crippen LogP contribution in [-0.2, 0) is 4.79 Å². The van der Waals surface area contributed by atoms with Gasteiger partial charge in [-0.05, 0) is 31.6 Å². The Morgan fingerprint density at radius 1 is 1.25 bits per heavy atom. The second-order valence-corrected chi connectivity index (χ2v) is 5.32. The lowest BCUT2D eigenvalue weighted by molar-refractivity contribution is -0.139. The molecule has 92 valence electrons. The molecule has 0 heterocycles. The number of hydrogen-bond donors (Lipinski definition) is 1. The summed E-state index contributed by atoms with van der Waals surface area (Å²) < 4.78 is 0. The fraction of sp³-hybridized carbons (Fsp3) is 0.923. The van der Waals surface area contributed by atoms with Gasteiger partial charge in [-0.25, -0.2) is 0 Å². The van der Waals surface area contributed by atoms with E-state index in [2.05, 4.69) is 11.8 Å². The summed E-state index contributed by atoms with van der Waals surface area (Å²) in [5, 5.41) is 9.01. The molecule has 1 N–H and O–H groups in total. The minimum absolute atomic E-state index is 0.256. The maximum atomic E-state index is 10.9. The molecule has 2 atom stereocenters. The summed E-state index contributed by atoms with van der Waals surface area (Å²) in [5.41, 5.74) is 0. The largest absolute Gasteiger partial charge is 0.480 e. The lowest BCUT2D eigenvalue weighted by Gasteiger charge is -2.39. The third kappa shape index (κ3) is 2.76. The summed E-state index contributed by atoms with van der Waals surface area (Å²) in [7, 11) is 0. The van der Waals surface area contributed by atoms with E-state index < -0.39 is 5.97 Å². The lowest BCUT2D eigenvalue weighted by atomic mass is 9.82. The highest BCUT2D eigenvalue weighted by Gasteiger charge is 2.38. The molecule has 0 spiro atoms. The van der Waals surface area contributed by atoms with Crippen molar-refractivity contribution in [2.24, 2.45) is 5.92 Å². The predicted octanol–water partition coefficient (Wildman–Crippen LogP) is 2.50. The molecular weight excluding hydrogens is 202 g/mol. The molecule has 2 aliphatic rings. The van der Waals surface area contributed by atoms with E-state index in [0.29, 0.717) is 12.1 Å². The van der Waals surface area contributed by atoms with Gasteiger partial charge in [0.1, 0.15) is 0 Å². The lowest BCUT2D eigenvalue weighted by Crippen LogP contribution is -2.46. The Labute approximate surface area is 97.8 Å². The molecule has 2 fully saturated rings. The molecule has 0 amide bonds. The SMILES string of the molecule is CCC1CCCCC1N(CC(=O)O)C1CC1. The Bertz CT molecular complexity index is 250. The van der Waals surface area contributed by atoms with E-state index in [9.17, 15) is 4.79 Å². The van der Waals surface area contributed by atoms with Crippen molar-refractivity contribution < 1.29 is 9.90 Å². The first-order chi connectivity index (χ1) is 7.72. The minimum atomic E-state index is -0.660. The standard InChI is InChI=1S/C13H23NO2/c1-2-10-5-3-4-6-12(10)14(9-13(15)16)11-7-8-11/h10-12H,2-9H2,1H3,(H,15,16). The summed E-state index contributed by atoms with van der Waals surface area (Å²) in [5.74, 6) is 0.0704. The average molecular weight is 225 g/mol. The number of carbonyl (C=O) groups is 1. The molecule has 0 aromatic rings. The van der Waals surface area contributed by atoms with Crippen LogP contribution in [0.25, 0.3) is 0 Å². The van der Waals surface area contributed by atoms with Gasteiger partial charge in [0.05, 0.1) is 6.54 Å². The van der Waals surface area contributed by atoms with Crippen LogP contribution in [-0.4, -0.2) is 34.6 Å². The molecule has 16 heavy (non-hydrogen) atoms. The van der Waals surface area contributed by atoms with Crippen molar-refractivity contribution in [2.75, 3.05) is 6.54 Å². The van der Waals surface area contributed by atoms with Crippen LogP contribution >= 0.6 is 0 Å². The molecule has 2 unspecified atom stereocenters. The van der Waals surface area contributed by atoms with Crippen LogP contribution in [0.1, 0.15) is 51.9 Å². The van der Waals surface area contributed by atoms with Crippen molar-refractivity contribution in [1.82, 2.24) is 4.90 Å². The summed E-state index contributed by atoms with van der Waals surface area (Å²) in [4.78, 5) is 13.2. The number of hydrogen-bond acceptors (Lipinski definition) is 2. The third-order valence-corrected chi connectivity index (χ3v) is 4.15. The molecule has 0 saturated heterocycles. The van der Waals surface area contributed by atoms with E-state index in [1.807, 2.05) is 0 Å². The van der Waals surface area contributed by atoms with Gasteiger partial charge in [-0.3, -0.25) is 9.69 Å². The number of nitrogens with zero attached hydrogens (tertiary/aromatic N) is 1. The molecule has 0 aromatic heterocycles. The van der Waals surface area contributed by atoms with Crippen molar-refractivity contribution in [2.45, 2.75) is 64.0 Å². The molecule has 2 rings (SSSR count). The average Bonchev–Trinajstić information content (AvgIpc) is 3.09. The molecule has 2 saturated carbocycles. The van der Waals surface area contributed by atoms with Crippen molar-refractivity contribution in [3.8, 4) is 0 Å². The van der Waals surface area contributed by atoms with E-state index in [1.54, 1.807) is 0 Å². The summed E-state index contributed by atoms with van der Waals surface area (Å²) in [6, 6.07) is 1.12. The summed E-state index contributed by atoms with van der Waals surface area (Å²) >= 11 is 0. The van der Waals surface area contributed by atoms with Crippen LogP contribution in [0, 0.1) is 5.92 Å². The normalized spacial score (nSPS) is 30.6. The van der Waals surface area contributed by atoms with Crippen LogP contribution in [0.5, 0.6) is 0 Å². The molecular formula is C13H23NO2. The number of carboxylic acid groups (broad SMARTS) is 1. The molecule has 0 bridgehead atoms. The van der Waals surface area contributed by atoms with Gasteiger partial charge in [0.15, 0.2) is 0 Å². The highest BCUT2D eigenvalue weighted by Crippen LogP contribution is 2.37. The second kappa shape index (κ2) is 5.17. The van der Waals surface area contributed by atoms with Crippen molar-refractivity contribution in [3.05, 3.63) is 0 Å². The zero-order chi connectivity index (χ0) is 11.5. The molecule has 3 heteroatoms. The highest BCUT2D eigenvalue weighted by atomic mass is 16.4. The Balaban J connectivity index is 2.01. The first kappa shape index (κ1) is 11.9. The predicted molar refractivity (Wildman–Crippen MR) is 63.4 cm³/mol. The van der Waals surface area contributed by atoms with Crippen LogP contribution in [0.4, 0.5) is 0 Å². The van der Waals surface area contributed by atoms with Gasteiger partial charge in [0.25, 0.3) is 0 Å². The summed E-state index contributed by atoms with van der Waals surface area (Å²) in [6.45, 7) is 2.50. The van der Waals surface area contributed by atoms with Crippen LogP contribution < -0.4 is 0 Å². The summed E-state index contributed by atoms with van der Waals surface area (Å²) in [6.07, 6.45) is 8.74. The van der Waals surface area contributed by atoms with Gasteiger partial charge in [-0.2, -0.15) is 0 Å². The Morgan fingerprint density at radius 2 is 1.94 bits per heavy atom. The zero-order valence-electron chi connectivity index (χ0n) is 10.2. The Morgan fingerprint density at radius 3 is 2.50 bits per heavy atom. The monoisotopic (exact) mass is 225 g/mol. The Hall–Kier alpha value is -0.570. The van der Waals surface area contributed by atoms with Gasteiger partial charge < -0.3 is 5.11 Å². The first-order valence-corrected chi connectivity index (χ1v) is 6.70. The van der Waals surface area contributed by atoms with Crippen molar-refractivity contribution in [1.29, 1.82) is 0 Å². The van der Waals surface area contributed by atoms with E-state index in [4.69, 9.17) is 5.11 Å². The van der Waals surface area contributed by atoms with E-state index in [-0.39, 0.29) is 6.54 Å². The highest BCUT2D eigenvalue weighted by molar-refractivity contribution is 5.69. The van der Waals surface area contributed by atoms with Gasteiger partial charge in [0.2, 0.25) is 0 Å². The second-order valence-electron chi connectivity index (χ2n) is 5.32. The molecule has 0 aromatic carbocycles. The van der Waals surface area contributed by atoms with Crippen LogP contribution in [0.15, 0.2) is 0 Å². The van der Waals surface area contributed by atoms with Gasteiger partial charge >= 0.3 is 5.97 Å². The van der Waals surface area contributed by atoms with Crippen molar-refractivity contribution >= 4 is 5.97 Å². The Kier molecular flexibility index (Phi) is 3.85. The fourth-order valence-electron chi connectivity index (χ4n) is 3.18. The molecule has 2 aliphatic carbocycles. The topological polar surface area (TPSA) is 40.5 Å². The van der Waals surface area contributed by atoms with E-state index >= 15 is 0 Å². The quantitative estimate of drug-likeness (QED) is 0.781. The van der Waals surface area contributed by atoms with Crippen molar-refractivity contribution in [3.63, 3.8) is 0 Å². The molecule has 0 aliphatic heterocycles. The zero-order valence-corrected chi connectivity index (χ0v) is 10.2. The van der Waals surface area contributed by atoms with Gasteiger partial charge in [-0.15, -0.1) is 0 Å². The van der Waals surface area contributed by atoms with Crippen LogP contribution in [0.3, 0.4) is 0 Å². The molecule has 0 radical (unpaired) electrons. The smallest absolute Gasteiger partial charge is 0.317 e. The number of carboxylic acids is 1. The maximum Gasteiger partial charge on any atom is 0.317 e. The maximum absolute atomic E-state index is 10.9.